The first-order chi connectivity index (χ1) is 11.8. The van der Waals surface area contributed by atoms with Crippen molar-refractivity contribution in [2.45, 2.75) is 30.3 Å². The maximum atomic E-state index is 12.1. The van der Waals surface area contributed by atoms with Gasteiger partial charge in [0.15, 0.2) is 0 Å². The van der Waals surface area contributed by atoms with Crippen LogP contribution in [0.4, 0.5) is 0 Å². The fourth-order valence-electron chi connectivity index (χ4n) is 2.93. The number of carbonyl (C=O) groups excluding carboxylic acids is 1. The molecule has 1 N–H and O–H groups in total. The van der Waals surface area contributed by atoms with E-state index < -0.39 is 0 Å². The van der Waals surface area contributed by atoms with Crippen molar-refractivity contribution in [3.8, 4) is 0 Å². The highest BCUT2D eigenvalue weighted by molar-refractivity contribution is 8.00. The van der Waals surface area contributed by atoms with E-state index in [0.717, 1.165) is 37.4 Å². The van der Waals surface area contributed by atoms with Gasteiger partial charge in [-0.2, -0.15) is 0 Å². The van der Waals surface area contributed by atoms with Gasteiger partial charge >= 0.3 is 0 Å². The Bertz CT molecular complexity index is 628. The second-order valence-electron chi connectivity index (χ2n) is 6.08. The molecule has 2 aromatic rings. The number of thioether (sulfide) groups is 1. The van der Waals surface area contributed by atoms with Crippen molar-refractivity contribution >= 4 is 17.7 Å². The molecule has 0 saturated carbocycles. The number of rotatable bonds is 6. The van der Waals surface area contributed by atoms with Gasteiger partial charge in [0.05, 0.1) is 5.75 Å². The van der Waals surface area contributed by atoms with E-state index in [1.54, 1.807) is 24.2 Å². The summed E-state index contributed by atoms with van der Waals surface area (Å²) in [7, 11) is 0. The summed E-state index contributed by atoms with van der Waals surface area (Å²) in [5.41, 5.74) is 1.36. The van der Waals surface area contributed by atoms with Crippen molar-refractivity contribution in [2.75, 3.05) is 18.8 Å². The Balaban J connectivity index is 1.36. The van der Waals surface area contributed by atoms with Gasteiger partial charge in [0, 0.05) is 43.0 Å². The van der Waals surface area contributed by atoms with Gasteiger partial charge in [0.2, 0.25) is 5.91 Å². The van der Waals surface area contributed by atoms with Crippen LogP contribution in [0.25, 0.3) is 0 Å². The average molecular weight is 341 g/mol. The van der Waals surface area contributed by atoms with E-state index >= 15 is 0 Å². The Labute approximate surface area is 147 Å². The Morgan fingerprint density at radius 2 is 1.83 bits per heavy atom. The Morgan fingerprint density at radius 3 is 2.54 bits per heavy atom. The first kappa shape index (κ1) is 17.0. The molecule has 4 nitrogen and oxygen atoms in total. The summed E-state index contributed by atoms with van der Waals surface area (Å²) in [6, 6.07) is 14.7. The first-order valence-corrected chi connectivity index (χ1v) is 9.36. The van der Waals surface area contributed by atoms with Crippen LogP contribution in [-0.4, -0.2) is 40.7 Å². The molecule has 0 aliphatic carbocycles. The van der Waals surface area contributed by atoms with Crippen LogP contribution in [-0.2, 0) is 11.3 Å². The summed E-state index contributed by atoms with van der Waals surface area (Å²) in [6.07, 6.45) is 5.56. The molecule has 1 saturated heterocycles. The molecule has 126 valence electrons. The van der Waals surface area contributed by atoms with E-state index in [4.69, 9.17) is 0 Å². The zero-order valence-electron chi connectivity index (χ0n) is 13.7. The van der Waals surface area contributed by atoms with Crippen molar-refractivity contribution in [3.63, 3.8) is 0 Å². The van der Waals surface area contributed by atoms with Crippen molar-refractivity contribution in [3.05, 3.63) is 60.4 Å². The fourth-order valence-corrected chi connectivity index (χ4v) is 3.62. The minimum absolute atomic E-state index is 0.123. The van der Waals surface area contributed by atoms with E-state index in [-0.39, 0.29) is 5.91 Å². The number of aromatic nitrogens is 1. The van der Waals surface area contributed by atoms with Crippen molar-refractivity contribution in [1.82, 2.24) is 15.2 Å². The Kier molecular flexibility index (Phi) is 6.26. The molecule has 0 atom stereocenters. The minimum atomic E-state index is 0.123. The monoisotopic (exact) mass is 341 g/mol. The molecule has 1 fully saturated rings. The predicted octanol–water partition coefficient (Wildman–Crippen LogP) is 2.95. The zero-order chi connectivity index (χ0) is 16.6. The maximum Gasteiger partial charge on any atom is 0.230 e. The van der Waals surface area contributed by atoms with Gasteiger partial charge < -0.3 is 5.32 Å². The molecule has 0 unspecified atom stereocenters. The van der Waals surface area contributed by atoms with Crippen LogP contribution in [0.15, 0.2) is 59.8 Å². The normalized spacial score (nSPS) is 16.0. The van der Waals surface area contributed by atoms with Gasteiger partial charge in [-0.1, -0.05) is 30.3 Å². The minimum Gasteiger partial charge on any atom is -0.353 e. The topological polar surface area (TPSA) is 45.2 Å². The number of hydrogen-bond acceptors (Lipinski definition) is 4. The highest BCUT2D eigenvalue weighted by Gasteiger charge is 2.20. The van der Waals surface area contributed by atoms with Crippen LogP contribution in [0.2, 0.25) is 0 Å². The molecule has 1 aliphatic rings. The quantitative estimate of drug-likeness (QED) is 0.821. The molecule has 2 heterocycles. The lowest BCUT2D eigenvalue weighted by Crippen LogP contribution is -2.44. The average Bonchev–Trinajstić information content (AvgIpc) is 2.63. The number of piperidine rings is 1. The van der Waals surface area contributed by atoms with E-state index in [9.17, 15) is 4.79 Å². The van der Waals surface area contributed by atoms with E-state index in [2.05, 4.69) is 45.5 Å². The Morgan fingerprint density at radius 1 is 1.12 bits per heavy atom. The number of hydrogen-bond donors (Lipinski definition) is 1. The lowest BCUT2D eigenvalue weighted by atomic mass is 10.0. The molecule has 0 radical (unpaired) electrons. The van der Waals surface area contributed by atoms with Gasteiger partial charge in [0.25, 0.3) is 0 Å². The molecule has 5 heteroatoms. The van der Waals surface area contributed by atoms with Crippen LogP contribution in [0.5, 0.6) is 0 Å². The molecule has 24 heavy (non-hydrogen) atoms. The molecule has 0 bridgehead atoms. The maximum absolute atomic E-state index is 12.1. The SMILES string of the molecule is O=C(CSc1ccncc1)NC1CCN(Cc2ccccc2)CC1. The zero-order valence-corrected chi connectivity index (χ0v) is 14.5. The van der Waals surface area contributed by atoms with Crippen molar-refractivity contribution < 1.29 is 4.79 Å². The van der Waals surface area contributed by atoms with Crippen LogP contribution in [0.1, 0.15) is 18.4 Å². The summed E-state index contributed by atoms with van der Waals surface area (Å²) >= 11 is 1.56. The summed E-state index contributed by atoms with van der Waals surface area (Å²) in [4.78, 5) is 19.6. The molecular formula is C19H23N3OS. The number of nitrogens with zero attached hydrogens (tertiary/aromatic N) is 2. The molecule has 1 aromatic carbocycles. The van der Waals surface area contributed by atoms with Crippen LogP contribution in [0.3, 0.4) is 0 Å². The smallest absolute Gasteiger partial charge is 0.230 e. The number of carbonyl (C=O) groups is 1. The molecule has 1 amide bonds. The number of amides is 1. The molecule has 0 spiro atoms. The molecule has 1 aromatic heterocycles. The summed E-state index contributed by atoms with van der Waals surface area (Å²) in [5, 5.41) is 3.17. The Hall–Kier alpha value is -1.85. The van der Waals surface area contributed by atoms with Crippen molar-refractivity contribution in [2.24, 2.45) is 0 Å². The number of likely N-dealkylation sites (tertiary alicyclic amines) is 1. The standard InChI is InChI=1S/C19H23N3OS/c23-19(15-24-18-6-10-20-11-7-18)21-17-8-12-22(13-9-17)14-16-4-2-1-3-5-16/h1-7,10-11,17H,8-9,12-15H2,(H,21,23). The number of pyridine rings is 1. The van der Waals surface area contributed by atoms with Gasteiger partial charge in [-0.05, 0) is 30.5 Å². The first-order valence-electron chi connectivity index (χ1n) is 8.38. The van der Waals surface area contributed by atoms with E-state index in [1.165, 1.54) is 5.56 Å². The lowest BCUT2D eigenvalue weighted by Gasteiger charge is -2.32. The molecule has 1 aliphatic heterocycles. The summed E-state index contributed by atoms with van der Waals surface area (Å²) < 4.78 is 0. The van der Waals surface area contributed by atoms with Gasteiger partial charge in [-0.3, -0.25) is 14.7 Å². The van der Waals surface area contributed by atoms with Crippen LogP contribution < -0.4 is 5.32 Å². The van der Waals surface area contributed by atoms with Crippen molar-refractivity contribution in [1.29, 1.82) is 0 Å². The van der Waals surface area contributed by atoms with Crippen LogP contribution in [0, 0.1) is 0 Å². The highest BCUT2D eigenvalue weighted by atomic mass is 32.2. The third-order valence-corrected chi connectivity index (χ3v) is 5.23. The molecule has 3 rings (SSSR count). The third kappa shape index (κ3) is 5.35. The number of benzene rings is 1. The summed E-state index contributed by atoms with van der Waals surface area (Å²) in [5.74, 6) is 0.590. The van der Waals surface area contributed by atoms with Gasteiger partial charge in [-0.15, -0.1) is 11.8 Å². The number of nitrogens with one attached hydrogen (secondary N) is 1. The second kappa shape index (κ2) is 8.85. The van der Waals surface area contributed by atoms with Crippen LogP contribution >= 0.6 is 11.8 Å². The predicted molar refractivity (Wildman–Crippen MR) is 97.8 cm³/mol. The largest absolute Gasteiger partial charge is 0.353 e. The van der Waals surface area contributed by atoms with Gasteiger partial charge in [-0.25, -0.2) is 0 Å². The highest BCUT2D eigenvalue weighted by Crippen LogP contribution is 2.17. The lowest BCUT2D eigenvalue weighted by molar-refractivity contribution is -0.119. The fraction of sp³-hybridized carbons (Fsp3) is 0.368. The van der Waals surface area contributed by atoms with E-state index in [0.29, 0.717) is 11.8 Å². The second-order valence-corrected chi connectivity index (χ2v) is 7.12. The molecular weight excluding hydrogens is 318 g/mol. The van der Waals surface area contributed by atoms with Gasteiger partial charge in [0.1, 0.15) is 0 Å². The third-order valence-electron chi connectivity index (χ3n) is 4.22. The summed E-state index contributed by atoms with van der Waals surface area (Å²) in [6.45, 7) is 3.08. The van der Waals surface area contributed by atoms with E-state index in [1.807, 2.05) is 12.1 Å².